The van der Waals surface area contributed by atoms with E-state index in [1.54, 1.807) is 0 Å². The number of hydrogen-bond donors (Lipinski definition) is 1. The average Bonchev–Trinajstić information content (AvgIpc) is 1.53. The Morgan fingerprint density at radius 1 is 1.33 bits per heavy atom. The van der Waals surface area contributed by atoms with Crippen molar-refractivity contribution < 1.29 is 4.74 Å². The predicted molar refractivity (Wildman–Crippen MR) is 37.5 cm³/mol. The smallest absolute Gasteiger partial charge is 0.0643 e. The van der Waals surface area contributed by atoms with Gasteiger partial charge in [-0.3, -0.25) is 0 Å². The standard InChI is InChI=1S/C7H15NO/c1-7(2,3)8-6-4-9-5-6/h6,8H,4-5H2,1-3H3. The van der Waals surface area contributed by atoms with Crippen LogP contribution in [0.3, 0.4) is 0 Å². The summed E-state index contributed by atoms with van der Waals surface area (Å²) in [6.45, 7) is 8.29. The molecule has 0 aromatic carbocycles. The van der Waals surface area contributed by atoms with Crippen molar-refractivity contribution in [1.29, 1.82) is 0 Å². The van der Waals surface area contributed by atoms with E-state index in [1.165, 1.54) is 0 Å². The molecular formula is C7H15NO. The van der Waals surface area contributed by atoms with E-state index in [4.69, 9.17) is 4.74 Å². The van der Waals surface area contributed by atoms with Crippen molar-refractivity contribution in [2.45, 2.75) is 32.4 Å². The van der Waals surface area contributed by atoms with Crippen molar-refractivity contribution in [3.63, 3.8) is 0 Å². The van der Waals surface area contributed by atoms with Crippen molar-refractivity contribution in [1.82, 2.24) is 5.32 Å². The first-order valence-corrected chi connectivity index (χ1v) is 3.43. The van der Waals surface area contributed by atoms with Gasteiger partial charge in [-0.25, -0.2) is 0 Å². The van der Waals surface area contributed by atoms with Crippen LogP contribution < -0.4 is 5.32 Å². The second kappa shape index (κ2) is 2.27. The minimum atomic E-state index is 0.244. The first-order valence-electron chi connectivity index (χ1n) is 3.43. The highest BCUT2D eigenvalue weighted by Crippen LogP contribution is 2.06. The van der Waals surface area contributed by atoms with Gasteiger partial charge in [-0.05, 0) is 20.8 Å². The quantitative estimate of drug-likeness (QED) is 0.564. The fourth-order valence-corrected chi connectivity index (χ4v) is 0.931. The summed E-state index contributed by atoms with van der Waals surface area (Å²) in [6, 6.07) is 0.602. The van der Waals surface area contributed by atoms with Gasteiger partial charge in [0.05, 0.1) is 19.3 Å². The second-order valence-electron chi connectivity index (χ2n) is 3.63. The molecule has 0 aromatic heterocycles. The SMILES string of the molecule is CC(C)(C)NC1COC1. The Bertz CT molecular complexity index is 91.6. The van der Waals surface area contributed by atoms with E-state index < -0.39 is 0 Å². The molecular weight excluding hydrogens is 114 g/mol. The van der Waals surface area contributed by atoms with Crippen molar-refractivity contribution in [2.24, 2.45) is 0 Å². The number of ether oxygens (including phenoxy) is 1. The van der Waals surface area contributed by atoms with Gasteiger partial charge in [0, 0.05) is 5.54 Å². The van der Waals surface area contributed by atoms with Gasteiger partial charge in [0.2, 0.25) is 0 Å². The van der Waals surface area contributed by atoms with E-state index >= 15 is 0 Å². The van der Waals surface area contributed by atoms with Crippen molar-refractivity contribution in [3.05, 3.63) is 0 Å². The summed E-state index contributed by atoms with van der Waals surface area (Å²) in [4.78, 5) is 0. The van der Waals surface area contributed by atoms with Crippen molar-refractivity contribution in [3.8, 4) is 0 Å². The molecule has 0 atom stereocenters. The van der Waals surface area contributed by atoms with Gasteiger partial charge in [0.15, 0.2) is 0 Å². The maximum Gasteiger partial charge on any atom is 0.0643 e. The van der Waals surface area contributed by atoms with E-state index in [1.807, 2.05) is 0 Å². The molecule has 0 saturated carbocycles. The van der Waals surface area contributed by atoms with Crippen LogP contribution in [-0.2, 0) is 4.74 Å². The summed E-state index contributed by atoms with van der Waals surface area (Å²) in [6.07, 6.45) is 0. The molecule has 1 N–H and O–H groups in total. The lowest BCUT2D eigenvalue weighted by Gasteiger charge is -2.33. The molecule has 54 valence electrons. The molecule has 0 radical (unpaired) electrons. The van der Waals surface area contributed by atoms with Crippen LogP contribution in [0.1, 0.15) is 20.8 Å². The molecule has 0 aromatic rings. The molecule has 0 bridgehead atoms. The van der Waals surface area contributed by atoms with Crippen LogP contribution in [0.15, 0.2) is 0 Å². The molecule has 0 spiro atoms. The Hall–Kier alpha value is -0.0800. The highest BCUT2D eigenvalue weighted by Gasteiger charge is 2.22. The topological polar surface area (TPSA) is 21.3 Å². The van der Waals surface area contributed by atoms with Crippen LogP contribution in [-0.4, -0.2) is 24.8 Å². The zero-order valence-corrected chi connectivity index (χ0v) is 6.40. The first-order chi connectivity index (χ1) is 4.08. The van der Waals surface area contributed by atoms with Gasteiger partial charge in [-0.15, -0.1) is 0 Å². The van der Waals surface area contributed by atoms with Gasteiger partial charge in [0.1, 0.15) is 0 Å². The summed E-state index contributed by atoms with van der Waals surface area (Å²) in [7, 11) is 0. The predicted octanol–water partition coefficient (Wildman–Crippen LogP) is 0.773. The van der Waals surface area contributed by atoms with Gasteiger partial charge >= 0.3 is 0 Å². The molecule has 1 heterocycles. The largest absolute Gasteiger partial charge is 0.378 e. The summed E-state index contributed by atoms with van der Waals surface area (Å²) in [5, 5.41) is 3.43. The third kappa shape index (κ3) is 2.33. The number of nitrogens with one attached hydrogen (secondary N) is 1. The van der Waals surface area contributed by atoms with E-state index in [-0.39, 0.29) is 5.54 Å². The average molecular weight is 129 g/mol. The first kappa shape index (κ1) is 7.03. The van der Waals surface area contributed by atoms with Gasteiger partial charge in [-0.1, -0.05) is 0 Å². The Labute approximate surface area is 56.6 Å². The third-order valence-corrected chi connectivity index (χ3v) is 1.28. The summed E-state index contributed by atoms with van der Waals surface area (Å²) < 4.78 is 5.02. The third-order valence-electron chi connectivity index (χ3n) is 1.28. The van der Waals surface area contributed by atoms with Crippen molar-refractivity contribution >= 4 is 0 Å². The lowest BCUT2D eigenvalue weighted by atomic mass is 10.1. The summed E-state index contributed by atoms with van der Waals surface area (Å²) in [5.41, 5.74) is 0.244. The van der Waals surface area contributed by atoms with E-state index in [9.17, 15) is 0 Å². The minimum Gasteiger partial charge on any atom is -0.378 e. The lowest BCUT2D eigenvalue weighted by Crippen LogP contribution is -2.53. The molecule has 1 aliphatic rings. The minimum absolute atomic E-state index is 0.244. The second-order valence-corrected chi connectivity index (χ2v) is 3.63. The maximum absolute atomic E-state index is 5.02. The fourth-order valence-electron chi connectivity index (χ4n) is 0.931. The Morgan fingerprint density at radius 3 is 2.00 bits per heavy atom. The van der Waals surface area contributed by atoms with Gasteiger partial charge in [0.25, 0.3) is 0 Å². The zero-order chi connectivity index (χ0) is 6.91. The van der Waals surface area contributed by atoms with E-state index in [2.05, 4.69) is 26.1 Å². The van der Waals surface area contributed by atoms with E-state index in [0.29, 0.717) is 6.04 Å². The molecule has 1 aliphatic heterocycles. The molecule has 1 saturated heterocycles. The van der Waals surface area contributed by atoms with Crippen LogP contribution in [0, 0.1) is 0 Å². The molecule has 0 aliphatic carbocycles. The number of rotatable bonds is 1. The Morgan fingerprint density at radius 2 is 1.89 bits per heavy atom. The Kier molecular flexibility index (Phi) is 1.78. The molecule has 2 heteroatoms. The van der Waals surface area contributed by atoms with Crippen LogP contribution in [0.2, 0.25) is 0 Å². The zero-order valence-electron chi connectivity index (χ0n) is 6.40. The molecule has 0 amide bonds. The van der Waals surface area contributed by atoms with Crippen LogP contribution in [0.5, 0.6) is 0 Å². The summed E-state index contributed by atoms with van der Waals surface area (Å²) >= 11 is 0. The molecule has 1 rings (SSSR count). The van der Waals surface area contributed by atoms with Crippen LogP contribution in [0.25, 0.3) is 0 Å². The molecule has 2 nitrogen and oxygen atoms in total. The molecule has 0 unspecified atom stereocenters. The normalized spacial score (nSPS) is 21.7. The number of hydrogen-bond acceptors (Lipinski definition) is 2. The molecule has 9 heavy (non-hydrogen) atoms. The van der Waals surface area contributed by atoms with Crippen LogP contribution in [0.4, 0.5) is 0 Å². The van der Waals surface area contributed by atoms with Gasteiger partial charge < -0.3 is 10.1 Å². The Balaban J connectivity index is 2.16. The fraction of sp³-hybridized carbons (Fsp3) is 1.00. The molecule has 1 fully saturated rings. The van der Waals surface area contributed by atoms with Crippen molar-refractivity contribution in [2.75, 3.05) is 13.2 Å². The van der Waals surface area contributed by atoms with E-state index in [0.717, 1.165) is 13.2 Å². The highest BCUT2D eigenvalue weighted by atomic mass is 16.5. The summed E-state index contributed by atoms with van der Waals surface area (Å²) in [5.74, 6) is 0. The maximum atomic E-state index is 5.02. The van der Waals surface area contributed by atoms with Gasteiger partial charge in [-0.2, -0.15) is 0 Å². The highest BCUT2D eigenvalue weighted by molar-refractivity contribution is 4.81. The monoisotopic (exact) mass is 129 g/mol. The lowest BCUT2D eigenvalue weighted by molar-refractivity contribution is -0.0150. The van der Waals surface area contributed by atoms with Crippen LogP contribution >= 0.6 is 0 Å².